The van der Waals surface area contributed by atoms with Gasteiger partial charge in [-0.15, -0.1) is 0 Å². The molecule has 3 fully saturated rings. The van der Waals surface area contributed by atoms with Crippen LogP contribution < -0.4 is 14.2 Å². The molecule has 97 heavy (non-hydrogen) atoms. The Labute approximate surface area is 571 Å². The van der Waals surface area contributed by atoms with Gasteiger partial charge >= 0.3 is 35.8 Å². The van der Waals surface area contributed by atoms with E-state index in [0.29, 0.717) is 78.4 Å². The fourth-order valence-electron chi connectivity index (χ4n) is 16.1. The molecule has 21 nitrogen and oxygen atoms in total. The van der Waals surface area contributed by atoms with Crippen molar-refractivity contribution in [3.05, 3.63) is 88.0 Å². The van der Waals surface area contributed by atoms with Crippen LogP contribution in [0.25, 0.3) is 0 Å². The highest BCUT2D eigenvalue weighted by Gasteiger charge is 2.48. The number of carbonyl (C=O) groups excluding carboxylic acids is 3. The first-order chi connectivity index (χ1) is 46.4. The van der Waals surface area contributed by atoms with Crippen molar-refractivity contribution in [1.82, 2.24) is 0 Å². The molecule has 9 rings (SSSR count). The van der Waals surface area contributed by atoms with Gasteiger partial charge in [0.25, 0.3) is 0 Å². The van der Waals surface area contributed by atoms with E-state index in [2.05, 4.69) is 18.2 Å². The van der Waals surface area contributed by atoms with Gasteiger partial charge in [-0.3, -0.25) is 14.4 Å². The van der Waals surface area contributed by atoms with Crippen LogP contribution in [0.5, 0.6) is 17.2 Å². The van der Waals surface area contributed by atoms with Crippen molar-refractivity contribution < 1.29 is 103 Å². The molecule has 9 N–H and O–H groups in total. The van der Waals surface area contributed by atoms with E-state index >= 15 is 0 Å². The Bertz CT molecular complexity index is 3000. The molecule has 0 amide bonds. The number of aliphatic hydroxyl groups excluding tert-OH is 6. The number of hydrogen-bond acceptors (Lipinski definition) is 18. The molecule has 6 aliphatic rings. The summed E-state index contributed by atoms with van der Waals surface area (Å²) in [5.41, 5.74) is 6.94. The summed E-state index contributed by atoms with van der Waals surface area (Å²) in [7, 11) is 0. The van der Waals surface area contributed by atoms with Gasteiger partial charge in [0.05, 0.1) is 55.4 Å². The van der Waals surface area contributed by atoms with Crippen LogP contribution in [0.4, 0.5) is 0 Å². The Kier molecular flexibility index (Phi) is 31.2. The summed E-state index contributed by atoms with van der Waals surface area (Å²) >= 11 is 0. The van der Waals surface area contributed by atoms with Crippen LogP contribution in [0, 0.1) is 53.3 Å². The highest BCUT2D eigenvalue weighted by molar-refractivity contribution is 5.73. The van der Waals surface area contributed by atoms with Crippen LogP contribution in [0.15, 0.2) is 54.6 Å². The second kappa shape index (κ2) is 38.9. The third-order valence-corrected chi connectivity index (χ3v) is 21.5. The molecule has 21 heteroatoms. The van der Waals surface area contributed by atoms with E-state index in [1.807, 2.05) is 57.2 Å². The summed E-state index contributed by atoms with van der Waals surface area (Å²) in [5.74, 6) is 0.993. The molecule has 0 heterocycles. The number of ether oxygens (including phenoxy) is 6. The molecule has 2 unspecified atom stereocenters. The van der Waals surface area contributed by atoms with Gasteiger partial charge in [-0.1, -0.05) is 57.2 Å². The van der Waals surface area contributed by atoms with Gasteiger partial charge in [0.15, 0.2) is 19.8 Å². The SMILES string of the molecule is CC[C@H](O)CC[C@@H]1[C@H]2Cc3cccc(OCC(=O)OC(C)CCC(=O)O)c3C[C@H]2C[C@H]1O.CC[C@H](O)CC[C@@H]1[C@H]2Cc3cccc(OCC(=O)OC(C)CCCC(=O)O)c3C[C@H]2C[C@H]1O.CC[C@H](O)CC[C@@H]1[C@H]2Cc3cccc(OCC(=O)OCCCCC(=O)O)c3C[C@H]2C[C@H]1O. The van der Waals surface area contributed by atoms with Crippen molar-refractivity contribution in [3.63, 3.8) is 0 Å². The summed E-state index contributed by atoms with van der Waals surface area (Å²) in [6.07, 6.45) is 13.9. The molecule has 0 aromatic heterocycles. The predicted octanol–water partition coefficient (Wildman–Crippen LogP) is 9.77. The van der Waals surface area contributed by atoms with Crippen molar-refractivity contribution in [1.29, 1.82) is 0 Å². The monoisotopic (exact) mass is 1360 g/mol. The van der Waals surface area contributed by atoms with Gasteiger partial charge in [0, 0.05) is 19.3 Å². The van der Waals surface area contributed by atoms with E-state index in [-0.39, 0.29) is 113 Å². The Morgan fingerprint density at radius 2 is 0.773 bits per heavy atom. The van der Waals surface area contributed by atoms with Gasteiger partial charge in [0.2, 0.25) is 0 Å². The van der Waals surface area contributed by atoms with Crippen LogP contribution in [0.1, 0.15) is 196 Å². The van der Waals surface area contributed by atoms with Crippen molar-refractivity contribution in [3.8, 4) is 17.2 Å². The van der Waals surface area contributed by atoms with Crippen molar-refractivity contribution in [2.24, 2.45) is 53.3 Å². The number of aliphatic carboxylic acids is 3. The summed E-state index contributed by atoms with van der Waals surface area (Å²) in [6, 6.07) is 17.7. The summed E-state index contributed by atoms with van der Waals surface area (Å²) < 4.78 is 33.1. The zero-order chi connectivity index (χ0) is 70.3. The fraction of sp³-hybridized carbons (Fsp3) is 0.684. The first-order valence-electron chi connectivity index (χ1n) is 35.9. The first kappa shape index (κ1) is 78.0. The van der Waals surface area contributed by atoms with Crippen LogP contribution >= 0.6 is 0 Å². The number of carboxylic acids is 3. The van der Waals surface area contributed by atoms with E-state index in [4.69, 9.17) is 43.7 Å². The smallest absolute Gasteiger partial charge is 0.344 e. The predicted molar refractivity (Wildman–Crippen MR) is 360 cm³/mol. The summed E-state index contributed by atoms with van der Waals surface area (Å²) in [6.45, 7) is 8.97. The Morgan fingerprint density at radius 3 is 1.12 bits per heavy atom. The standard InChI is InChI=1S/C26H38O7.2C25H36O7/c1-3-19(27)10-11-20-21-12-17-7-5-8-24(22(17)13-18(21)14-23(20)28)32-15-26(31)33-16(2)6-4-9-25(29)30;1-3-18(26)8-9-19-20-11-16-5-4-6-23(21(16)12-17(20)13-22(19)27)31-14-25(30)32-15(2)7-10-24(28)29;1-2-18(26)9-10-19-20-12-16-6-5-7-23(21(16)13-17(20)14-22(19)27)32-15-25(30)31-11-4-3-8-24(28)29/h5,7-8,16,18-21,23,27-28H,3-4,6,9-15H2,1-2H3,(H,29,30);4-6,15,17-20,22,26-27H,3,7-14H2,1-2H3,(H,28,29);5-7,17-20,22,26-27H,2-4,8-15H2,1H3,(H,28,29)/t16?,18-,19-,20+,21-,23+;15?,17-,18-,19+,20-,22+;17-,18-,19+,20-,22+/m000/s1. The maximum Gasteiger partial charge on any atom is 0.344 e. The second-order valence-corrected chi connectivity index (χ2v) is 28.3. The largest absolute Gasteiger partial charge is 0.482 e. The molecule has 6 aliphatic carbocycles. The topological polar surface area (TPSA) is 340 Å². The van der Waals surface area contributed by atoms with Crippen LogP contribution in [-0.4, -0.2) is 157 Å². The third kappa shape index (κ3) is 23.6. The lowest BCUT2D eigenvalue weighted by atomic mass is 9.73. The van der Waals surface area contributed by atoms with Crippen molar-refractivity contribution in [2.75, 3.05) is 26.4 Å². The van der Waals surface area contributed by atoms with Crippen LogP contribution in [-0.2, 0) is 81.5 Å². The lowest BCUT2D eigenvalue weighted by molar-refractivity contribution is -0.152. The number of fused-ring (bicyclic) bond motifs is 6. The van der Waals surface area contributed by atoms with Crippen molar-refractivity contribution >= 4 is 35.8 Å². The molecular formula is C76H110O21. The number of carbonyl (C=O) groups is 6. The zero-order valence-corrected chi connectivity index (χ0v) is 57.6. The van der Waals surface area contributed by atoms with Gasteiger partial charge < -0.3 is 74.4 Å². The van der Waals surface area contributed by atoms with Crippen LogP contribution in [0.3, 0.4) is 0 Å². The van der Waals surface area contributed by atoms with Crippen molar-refractivity contribution in [2.45, 2.75) is 250 Å². The number of rotatable bonds is 35. The highest BCUT2D eigenvalue weighted by Crippen LogP contribution is 2.51. The molecule has 17 atom stereocenters. The molecule has 0 saturated heterocycles. The van der Waals surface area contributed by atoms with E-state index < -0.39 is 41.9 Å². The van der Waals surface area contributed by atoms with Gasteiger partial charge in [-0.2, -0.15) is 0 Å². The molecule has 0 radical (unpaired) electrons. The normalized spacial score (nSPS) is 25.5. The molecule has 540 valence electrons. The lowest BCUT2D eigenvalue weighted by Crippen LogP contribution is -2.28. The lowest BCUT2D eigenvalue weighted by Gasteiger charge is -2.32. The molecule has 3 aromatic carbocycles. The number of esters is 3. The Hall–Kier alpha value is -6.36. The Balaban J connectivity index is 0.000000205. The molecule has 3 saturated carbocycles. The number of benzene rings is 3. The number of hydrogen-bond donors (Lipinski definition) is 9. The van der Waals surface area contributed by atoms with E-state index in [0.717, 1.165) is 132 Å². The highest BCUT2D eigenvalue weighted by atomic mass is 16.6. The van der Waals surface area contributed by atoms with Crippen LogP contribution in [0.2, 0.25) is 0 Å². The third-order valence-electron chi connectivity index (χ3n) is 21.5. The maximum atomic E-state index is 12.2. The van der Waals surface area contributed by atoms with E-state index in [1.54, 1.807) is 13.8 Å². The minimum Gasteiger partial charge on any atom is -0.482 e. The average Bonchev–Trinajstić information content (AvgIpc) is 1.70. The van der Waals surface area contributed by atoms with Gasteiger partial charge in [-0.05, 0) is 266 Å². The van der Waals surface area contributed by atoms with E-state index in [9.17, 15) is 59.4 Å². The Morgan fingerprint density at radius 1 is 0.433 bits per heavy atom. The zero-order valence-electron chi connectivity index (χ0n) is 57.6. The number of carboxylic acid groups (broad SMARTS) is 3. The average molecular weight is 1360 g/mol. The fourth-order valence-corrected chi connectivity index (χ4v) is 16.1. The molecule has 0 bridgehead atoms. The molecule has 0 aliphatic heterocycles. The van der Waals surface area contributed by atoms with E-state index in [1.165, 1.54) is 16.7 Å². The first-order valence-corrected chi connectivity index (χ1v) is 35.9. The minimum absolute atomic E-state index is 0.0473. The number of aliphatic hydroxyl groups is 6. The maximum absolute atomic E-state index is 12.2. The number of unbranched alkanes of at least 4 members (excludes halogenated alkanes) is 1. The summed E-state index contributed by atoms with van der Waals surface area (Å²) in [4.78, 5) is 68.0. The molecule has 3 aromatic rings. The van der Waals surface area contributed by atoms with Gasteiger partial charge in [-0.25, -0.2) is 14.4 Å². The minimum atomic E-state index is -0.917. The molecular weight excluding hydrogens is 1250 g/mol. The molecule has 0 spiro atoms. The summed E-state index contributed by atoms with van der Waals surface area (Å²) in [5, 5.41) is 88.0. The van der Waals surface area contributed by atoms with Gasteiger partial charge in [0.1, 0.15) is 17.2 Å². The quantitative estimate of drug-likeness (QED) is 0.0150. The second-order valence-electron chi connectivity index (χ2n) is 28.3.